The fraction of sp³-hybridized carbons (Fsp3) is 0.775. The molecule has 7 heteroatoms. The minimum absolute atomic E-state index is 0.0563. The first-order chi connectivity index (χ1) is 22.9. The number of esters is 1. The number of hydrogen-bond acceptors (Lipinski definition) is 5. The van der Waals surface area contributed by atoms with Crippen LogP contribution in [0.3, 0.4) is 0 Å². The molecule has 0 rings (SSSR count). The van der Waals surface area contributed by atoms with Gasteiger partial charge in [-0.1, -0.05) is 121 Å². The predicted octanol–water partition coefficient (Wildman–Crippen LogP) is 10.3. The van der Waals surface area contributed by atoms with Crippen molar-refractivity contribution in [1.82, 2.24) is 5.32 Å². The minimum atomic E-state index is -1.02. The van der Waals surface area contributed by atoms with E-state index in [9.17, 15) is 19.5 Å². The van der Waals surface area contributed by atoms with Gasteiger partial charge in [-0.15, -0.1) is 0 Å². The van der Waals surface area contributed by atoms with Crippen LogP contribution in [0.15, 0.2) is 36.5 Å². The van der Waals surface area contributed by atoms with Crippen LogP contribution < -0.4 is 11.1 Å². The fourth-order valence-electron chi connectivity index (χ4n) is 5.50. The Morgan fingerprint density at radius 2 is 1.13 bits per heavy atom. The van der Waals surface area contributed by atoms with Crippen molar-refractivity contribution in [2.75, 3.05) is 6.54 Å². The number of nitrogens with one attached hydrogen (secondary N) is 1. The highest BCUT2D eigenvalue weighted by Crippen LogP contribution is 2.17. The highest BCUT2D eigenvalue weighted by Gasteiger charge is 2.19. The highest BCUT2D eigenvalue weighted by atomic mass is 16.5. The molecule has 0 spiro atoms. The first kappa shape index (κ1) is 44.6. The first-order valence-corrected chi connectivity index (χ1v) is 19.3. The van der Waals surface area contributed by atoms with Crippen LogP contribution in [0.25, 0.3) is 0 Å². The van der Waals surface area contributed by atoms with E-state index in [0.29, 0.717) is 38.6 Å². The molecule has 7 nitrogen and oxygen atoms in total. The minimum Gasteiger partial charge on any atom is -0.480 e. The van der Waals surface area contributed by atoms with Gasteiger partial charge in [-0.05, 0) is 90.0 Å². The monoisotopic (exact) mass is 661 g/mol. The van der Waals surface area contributed by atoms with Gasteiger partial charge in [-0.3, -0.25) is 9.59 Å². The van der Waals surface area contributed by atoms with Crippen molar-refractivity contribution in [3.05, 3.63) is 36.5 Å². The molecule has 2 atom stereocenters. The van der Waals surface area contributed by atoms with E-state index >= 15 is 0 Å². The van der Waals surface area contributed by atoms with Crippen LogP contribution in [0.1, 0.15) is 181 Å². The first-order valence-electron chi connectivity index (χ1n) is 19.3. The summed E-state index contributed by atoms with van der Waals surface area (Å²) in [6.45, 7) is 4.80. The molecule has 0 aromatic heterocycles. The van der Waals surface area contributed by atoms with Gasteiger partial charge in [-0.2, -0.15) is 0 Å². The number of carboxylic acids is 1. The number of amides is 1. The zero-order valence-electron chi connectivity index (χ0n) is 30.4. The second kappa shape index (κ2) is 34.9. The van der Waals surface area contributed by atoms with Crippen molar-refractivity contribution >= 4 is 17.8 Å². The molecule has 0 heterocycles. The molecule has 2 unspecified atom stereocenters. The molecule has 272 valence electrons. The fourth-order valence-corrected chi connectivity index (χ4v) is 5.50. The maximum Gasteiger partial charge on any atom is 0.326 e. The zero-order chi connectivity index (χ0) is 34.6. The SMILES string of the molecule is CCCCCCC/C=C\C/C=C\C/C=C\CCCCCCCCC(=O)OC(CCCC)CCCCCC(=O)NC(CCCN)C(=O)O. The van der Waals surface area contributed by atoms with Crippen LogP contribution in [0.2, 0.25) is 0 Å². The lowest BCUT2D eigenvalue weighted by atomic mass is 10.0. The molecule has 0 aliphatic heterocycles. The average molecular weight is 661 g/mol. The Bertz CT molecular complexity index is 838. The number of ether oxygens (including phenoxy) is 1. The van der Waals surface area contributed by atoms with Gasteiger partial charge in [0, 0.05) is 12.8 Å². The number of rotatable bonds is 34. The molecule has 0 saturated heterocycles. The summed E-state index contributed by atoms with van der Waals surface area (Å²) in [4.78, 5) is 35.9. The van der Waals surface area contributed by atoms with Gasteiger partial charge in [0.05, 0.1) is 0 Å². The van der Waals surface area contributed by atoms with E-state index in [1.54, 1.807) is 0 Å². The lowest BCUT2D eigenvalue weighted by molar-refractivity contribution is -0.150. The summed E-state index contributed by atoms with van der Waals surface area (Å²) in [5.74, 6) is -1.34. The van der Waals surface area contributed by atoms with E-state index in [1.165, 1.54) is 64.2 Å². The van der Waals surface area contributed by atoms with Crippen LogP contribution in [-0.4, -0.2) is 41.6 Å². The van der Waals surface area contributed by atoms with Crippen molar-refractivity contribution in [2.45, 2.75) is 193 Å². The molecular weight excluding hydrogens is 588 g/mol. The Morgan fingerprint density at radius 1 is 0.617 bits per heavy atom. The standard InChI is InChI=1S/C40H72N2O5/c1-3-5-7-8-9-10-11-12-13-14-15-16-17-18-19-20-21-22-23-24-28-34-39(44)47-36(30-6-4-2)31-26-25-27-33-38(43)42-37(40(45)46)32-29-35-41/h11-12,14-15,17-18,36-37H,3-10,13,16,19-35,41H2,1-2H3,(H,42,43)(H,45,46)/b12-11-,15-14-,18-17-. The normalized spacial score (nSPS) is 13.1. The molecule has 0 saturated carbocycles. The summed E-state index contributed by atoms with van der Waals surface area (Å²) in [6.07, 6.45) is 39.5. The molecule has 4 N–H and O–H groups in total. The van der Waals surface area contributed by atoms with E-state index in [2.05, 4.69) is 55.6 Å². The van der Waals surface area contributed by atoms with Crippen LogP contribution in [-0.2, 0) is 19.1 Å². The number of hydrogen-bond donors (Lipinski definition) is 3. The molecule has 0 bridgehead atoms. The van der Waals surface area contributed by atoms with Gasteiger partial charge in [0.2, 0.25) is 5.91 Å². The van der Waals surface area contributed by atoms with Crippen molar-refractivity contribution in [3.63, 3.8) is 0 Å². The number of carboxylic acid groups (broad SMARTS) is 1. The quantitative estimate of drug-likeness (QED) is 0.0359. The Kier molecular flexibility index (Phi) is 33.1. The van der Waals surface area contributed by atoms with Gasteiger partial charge < -0.3 is 20.9 Å². The van der Waals surface area contributed by atoms with E-state index in [1.807, 2.05) is 0 Å². The lowest BCUT2D eigenvalue weighted by Gasteiger charge is -2.18. The molecule has 0 aromatic carbocycles. The molecule has 1 amide bonds. The molecule has 0 aliphatic carbocycles. The predicted molar refractivity (Wildman–Crippen MR) is 197 cm³/mol. The second-order valence-corrected chi connectivity index (χ2v) is 13.0. The lowest BCUT2D eigenvalue weighted by Crippen LogP contribution is -2.40. The Balaban J connectivity index is 3.87. The maximum atomic E-state index is 12.5. The maximum absolute atomic E-state index is 12.5. The zero-order valence-corrected chi connectivity index (χ0v) is 30.4. The number of carbonyl (C=O) groups is 3. The summed E-state index contributed by atoms with van der Waals surface area (Å²) in [6, 6.07) is -0.874. The van der Waals surface area contributed by atoms with Crippen LogP contribution in [0, 0.1) is 0 Å². The topological polar surface area (TPSA) is 119 Å². The third-order valence-corrected chi connectivity index (χ3v) is 8.46. The van der Waals surface area contributed by atoms with E-state index in [-0.39, 0.29) is 18.0 Å². The van der Waals surface area contributed by atoms with Crippen LogP contribution >= 0.6 is 0 Å². The van der Waals surface area contributed by atoms with E-state index < -0.39 is 12.0 Å². The summed E-state index contributed by atoms with van der Waals surface area (Å²) < 4.78 is 5.83. The molecule has 47 heavy (non-hydrogen) atoms. The molecule has 0 fully saturated rings. The smallest absolute Gasteiger partial charge is 0.326 e. The summed E-state index contributed by atoms with van der Waals surface area (Å²) in [5.41, 5.74) is 5.45. The van der Waals surface area contributed by atoms with Crippen LogP contribution in [0.5, 0.6) is 0 Å². The van der Waals surface area contributed by atoms with Gasteiger partial charge in [-0.25, -0.2) is 4.79 Å². The van der Waals surface area contributed by atoms with Gasteiger partial charge >= 0.3 is 11.9 Å². The third-order valence-electron chi connectivity index (χ3n) is 8.46. The summed E-state index contributed by atoms with van der Waals surface area (Å²) in [7, 11) is 0. The highest BCUT2D eigenvalue weighted by molar-refractivity contribution is 5.83. The number of allylic oxidation sites excluding steroid dienone is 6. The molecule has 0 aliphatic rings. The van der Waals surface area contributed by atoms with Crippen LogP contribution in [0.4, 0.5) is 0 Å². The average Bonchev–Trinajstić information content (AvgIpc) is 3.05. The van der Waals surface area contributed by atoms with E-state index in [0.717, 1.165) is 70.6 Å². The molecule has 0 radical (unpaired) electrons. The van der Waals surface area contributed by atoms with Gasteiger partial charge in [0.25, 0.3) is 0 Å². The van der Waals surface area contributed by atoms with Gasteiger partial charge in [0.15, 0.2) is 0 Å². The summed E-state index contributed by atoms with van der Waals surface area (Å²) in [5, 5.41) is 11.8. The van der Waals surface area contributed by atoms with Crippen molar-refractivity contribution < 1.29 is 24.2 Å². The Morgan fingerprint density at radius 3 is 1.72 bits per heavy atom. The largest absolute Gasteiger partial charge is 0.480 e. The number of unbranched alkanes of at least 4 members (excludes halogenated alkanes) is 14. The molecular formula is C40H72N2O5. The summed E-state index contributed by atoms with van der Waals surface area (Å²) >= 11 is 0. The number of aliphatic carboxylic acids is 1. The number of carbonyl (C=O) groups excluding carboxylic acids is 2. The van der Waals surface area contributed by atoms with E-state index in [4.69, 9.17) is 10.5 Å². The van der Waals surface area contributed by atoms with Crippen molar-refractivity contribution in [2.24, 2.45) is 5.73 Å². The second-order valence-electron chi connectivity index (χ2n) is 13.0. The molecule has 0 aromatic rings. The van der Waals surface area contributed by atoms with Crippen molar-refractivity contribution in [3.8, 4) is 0 Å². The Hall–Kier alpha value is -2.41. The third kappa shape index (κ3) is 31.9. The van der Waals surface area contributed by atoms with Gasteiger partial charge in [0.1, 0.15) is 12.1 Å². The number of nitrogens with two attached hydrogens (primary N) is 1. The van der Waals surface area contributed by atoms with Crippen molar-refractivity contribution in [1.29, 1.82) is 0 Å². The Labute approximate surface area is 288 Å².